The summed E-state index contributed by atoms with van der Waals surface area (Å²) in [4.78, 5) is 4.61. The lowest BCUT2D eigenvalue weighted by Gasteiger charge is -2.34. The lowest BCUT2D eigenvalue weighted by atomic mass is 9.73. The first kappa shape index (κ1) is 11.9. The maximum Gasteiger partial charge on any atom is 0.150 e. The Bertz CT molecular complexity index is 590. The summed E-state index contributed by atoms with van der Waals surface area (Å²) in [5.74, 6) is -0.306. The molecular formula is C14H14BrFN2. The third-order valence-electron chi connectivity index (χ3n) is 4.12. The van der Waals surface area contributed by atoms with Crippen LogP contribution in [0, 0.1) is 11.2 Å². The summed E-state index contributed by atoms with van der Waals surface area (Å²) in [6.07, 6.45) is 6.42. The summed E-state index contributed by atoms with van der Waals surface area (Å²) in [6, 6.07) is 1.91. The van der Waals surface area contributed by atoms with Gasteiger partial charge < -0.3 is 5.73 Å². The Morgan fingerprint density at radius 1 is 1.44 bits per heavy atom. The zero-order valence-electron chi connectivity index (χ0n) is 10.3. The zero-order chi connectivity index (χ0) is 13.1. The molecule has 0 saturated heterocycles. The van der Waals surface area contributed by atoms with Gasteiger partial charge in [-0.1, -0.05) is 19.9 Å². The molecule has 1 heterocycles. The van der Waals surface area contributed by atoms with Crippen molar-refractivity contribution in [2.45, 2.75) is 25.8 Å². The van der Waals surface area contributed by atoms with Gasteiger partial charge in [-0.05, 0) is 45.6 Å². The maximum atomic E-state index is 14.3. The first-order valence-corrected chi connectivity index (χ1v) is 6.68. The number of benzene rings is 1. The van der Waals surface area contributed by atoms with Crippen LogP contribution in [0.5, 0.6) is 0 Å². The van der Waals surface area contributed by atoms with Crippen molar-refractivity contribution in [2.24, 2.45) is 10.4 Å². The zero-order valence-corrected chi connectivity index (χ0v) is 11.9. The van der Waals surface area contributed by atoms with Crippen LogP contribution < -0.4 is 5.73 Å². The Kier molecular flexibility index (Phi) is 2.28. The Balaban J connectivity index is 2.35. The second kappa shape index (κ2) is 3.44. The van der Waals surface area contributed by atoms with Gasteiger partial charge in [-0.3, -0.25) is 4.99 Å². The third-order valence-corrected chi connectivity index (χ3v) is 4.77. The topological polar surface area (TPSA) is 38.4 Å². The van der Waals surface area contributed by atoms with Crippen LogP contribution in [0.2, 0.25) is 0 Å². The van der Waals surface area contributed by atoms with Crippen LogP contribution in [0.15, 0.2) is 27.7 Å². The molecule has 4 heteroatoms. The summed E-state index contributed by atoms with van der Waals surface area (Å²) in [5.41, 5.74) is 6.97. The van der Waals surface area contributed by atoms with Gasteiger partial charge in [-0.2, -0.15) is 0 Å². The highest BCUT2D eigenvalue weighted by atomic mass is 79.9. The van der Waals surface area contributed by atoms with Gasteiger partial charge in [0.25, 0.3) is 0 Å². The lowest BCUT2D eigenvalue weighted by Crippen LogP contribution is -2.33. The maximum absolute atomic E-state index is 14.3. The number of fused-ring (bicyclic) bond motifs is 2. The van der Waals surface area contributed by atoms with E-state index in [1.165, 1.54) is 0 Å². The lowest BCUT2D eigenvalue weighted by molar-refractivity contribution is 0.248. The van der Waals surface area contributed by atoms with Crippen LogP contribution in [0.4, 0.5) is 10.1 Å². The molecule has 1 aliphatic heterocycles. The van der Waals surface area contributed by atoms with Gasteiger partial charge in [0.2, 0.25) is 0 Å². The standard InChI is InChI=1S/C14H14BrFN2/c1-13(2)7-8-9(14(13)4-3-5-18-14)6-10(15)12(17)11(8)16/h3-6H,7,17H2,1-2H3. The van der Waals surface area contributed by atoms with Crippen molar-refractivity contribution in [2.75, 3.05) is 5.73 Å². The number of halogens is 2. The Morgan fingerprint density at radius 3 is 2.78 bits per heavy atom. The molecule has 0 radical (unpaired) electrons. The molecule has 1 unspecified atom stereocenters. The van der Waals surface area contributed by atoms with E-state index in [4.69, 9.17) is 5.73 Å². The van der Waals surface area contributed by atoms with E-state index in [9.17, 15) is 4.39 Å². The van der Waals surface area contributed by atoms with E-state index >= 15 is 0 Å². The second-order valence-corrected chi connectivity index (χ2v) is 6.43. The number of aliphatic imine (C=N–C) groups is 1. The minimum atomic E-state index is -0.445. The molecule has 0 aromatic heterocycles. The van der Waals surface area contributed by atoms with Gasteiger partial charge in [0, 0.05) is 16.1 Å². The molecule has 0 bridgehead atoms. The highest BCUT2D eigenvalue weighted by molar-refractivity contribution is 9.10. The minimum Gasteiger partial charge on any atom is -0.395 e. The van der Waals surface area contributed by atoms with E-state index < -0.39 is 5.54 Å². The summed E-state index contributed by atoms with van der Waals surface area (Å²) < 4.78 is 14.9. The first-order valence-electron chi connectivity index (χ1n) is 5.89. The molecule has 1 aromatic carbocycles. The van der Waals surface area contributed by atoms with E-state index in [-0.39, 0.29) is 16.9 Å². The van der Waals surface area contributed by atoms with Crippen LogP contribution in [-0.2, 0) is 12.0 Å². The van der Waals surface area contributed by atoms with Crippen molar-refractivity contribution in [1.82, 2.24) is 0 Å². The molecule has 18 heavy (non-hydrogen) atoms. The van der Waals surface area contributed by atoms with Gasteiger partial charge in [0.1, 0.15) is 5.54 Å². The fourth-order valence-corrected chi connectivity index (χ4v) is 3.48. The van der Waals surface area contributed by atoms with Crippen LogP contribution >= 0.6 is 15.9 Å². The van der Waals surface area contributed by atoms with Gasteiger partial charge in [-0.25, -0.2) is 4.39 Å². The van der Waals surface area contributed by atoms with E-state index in [0.29, 0.717) is 16.5 Å². The Morgan fingerprint density at radius 2 is 2.17 bits per heavy atom. The van der Waals surface area contributed by atoms with Crippen LogP contribution in [-0.4, -0.2) is 6.21 Å². The average molecular weight is 309 g/mol. The second-order valence-electron chi connectivity index (χ2n) is 5.58. The number of hydrogen-bond acceptors (Lipinski definition) is 2. The van der Waals surface area contributed by atoms with Crippen molar-refractivity contribution < 1.29 is 4.39 Å². The molecule has 2 nitrogen and oxygen atoms in total. The van der Waals surface area contributed by atoms with Gasteiger partial charge in [-0.15, -0.1) is 0 Å². The van der Waals surface area contributed by atoms with E-state index in [2.05, 4.69) is 40.8 Å². The fraction of sp³-hybridized carbons (Fsp3) is 0.357. The molecule has 1 aliphatic carbocycles. The number of nitrogen functional groups attached to an aromatic ring is 1. The number of hydrogen-bond donors (Lipinski definition) is 1. The van der Waals surface area contributed by atoms with E-state index in [0.717, 1.165) is 5.56 Å². The number of rotatable bonds is 0. The minimum absolute atomic E-state index is 0.146. The highest BCUT2D eigenvalue weighted by Gasteiger charge is 2.52. The molecule has 0 saturated carbocycles. The van der Waals surface area contributed by atoms with E-state index in [1.807, 2.05) is 12.1 Å². The van der Waals surface area contributed by atoms with Crippen LogP contribution in [0.3, 0.4) is 0 Å². The summed E-state index contributed by atoms with van der Waals surface area (Å²) >= 11 is 3.33. The normalized spacial score (nSPS) is 27.1. The van der Waals surface area contributed by atoms with E-state index in [1.54, 1.807) is 6.21 Å². The van der Waals surface area contributed by atoms with Crippen molar-refractivity contribution in [3.8, 4) is 0 Å². The predicted molar refractivity (Wildman–Crippen MR) is 75.3 cm³/mol. The largest absolute Gasteiger partial charge is 0.395 e. The molecule has 0 amide bonds. The smallest absolute Gasteiger partial charge is 0.150 e. The Labute approximate surface area is 114 Å². The van der Waals surface area contributed by atoms with Gasteiger partial charge >= 0.3 is 0 Å². The van der Waals surface area contributed by atoms with Crippen LogP contribution in [0.25, 0.3) is 0 Å². The van der Waals surface area contributed by atoms with Crippen molar-refractivity contribution in [1.29, 1.82) is 0 Å². The van der Waals surface area contributed by atoms with Gasteiger partial charge in [0.05, 0.1) is 5.69 Å². The number of nitrogens with zero attached hydrogens (tertiary/aromatic N) is 1. The molecule has 94 valence electrons. The highest BCUT2D eigenvalue weighted by Crippen LogP contribution is 2.56. The van der Waals surface area contributed by atoms with Crippen molar-refractivity contribution in [3.63, 3.8) is 0 Å². The molecule has 1 aromatic rings. The summed E-state index contributed by atoms with van der Waals surface area (Å²) in [6.45, 7) is 4.23. The molecule has 1 atom stereocenters. The third kappa shape index (κ3) is 1.24. The first-order chi connectivity index (χ1) is 8.39. The number of anilines is 1. The van der Waals surface area contributed by atoms with Crippen molar-refractivity contribution >= 4 is 27.8 Å². The van der Waals surface area contributed by atoms with Crippen LogP contribution in [0.1, 0.15) is 25.0 Å². The summed E-state index contributed by atoms with van der Waals surface area (Å²) in [5, 5.41) is 0. The average Bonchev–Trinajstić information content (AvgIpc) is 2.87. The van der Waals surface area contributed by atoms with Gasteiger partial charge in [0.15, 0.2) is 5.82 Å². The molecule has 3 rings (SSSR count). The number of nitrogens with two attached hydrogens (primary N) is 1. The monoisotopic (exact) mass is 308 g/mol. The number of allylic oxidation sites excluding steroid dienone is 1. The predicted octanol–water partition coefficient (Wildman–Crippen LogP) is 3.59. The fourth-order valence-electron chi connectivity index (χ4n) is 3.08. The molecule has 2 N–H and O–H groups in total. The molecule has 0 fully saturated rings. The summed E-state index contributed by atoms with van der Waals surface area (Å²) in [7, 11) is 0. The quantitative estimate of drug-likeness (QED) is 0.731. The Hall–Kier alpha value is -1.16. The molecular weight excluding hydrogens is 295 g/mol. The van der Waals surface area contributed by atoms with Crippen molar-refractivity contribution in [3.05, 3.63) is 39.6 Å². The molecule has 1 spiro atoms. The molecule has 2 aliphatic rings. The SMILES string of the molecule is CC1(C)Cc2c(cc(Br)c(N)c2F)C12C=CC=N2.